The first-order chi connectivity index (χ1) is 10.0. The molecule has 2 rings (SSSR count). The van der Waals surface area contributed by atoms with Crippen molar-refractivity contribution < 1.29 is 9.53 Å². The second kappa shape index (κ2) is 6.57. The summed E-state index contributed by atoms with van der Waals surface area (Å²) in [6.45, 7) is 3.03. The Bertz CT molecular complexity index is 628. The summed E-state index contributed by atoms with van der Waals surface area (Å²) in [5.74, 6) is -0.366. The molecular formula is C13H20N4O4. The lowest BCUT2D eigenvalue weighted by molar-refractivity contribution is -0.123. The number of nitrogen functional groups attached to an aromatic ring is 1. The van der Waals surface area contributed by atoms with Crippen molar-refractivity contribution in [2.45, 2.75) is 38.9 Å². The largest absolute Gasteiger partial charge is 0.393 e. The number of nitrogens with two attached hydrogens (primary N) is 1. The van der Waals surface area contributed by atoms with Crippen LogP contribution >= 0.6 is 0 Å². The zero-order valence-electron chi connectivity index (χ0n) is 12.0. The molecule has 0 unspecified atom stereocenters. The van der Waals surface area contributed by atoms with E-state index >= 15 is 0 Å². The maximum atomic E-state index is 12.1. The number of rotatable bonds is 4. The van der Waals surface area contributed by atoms with Crippen LogP contribution in [-0.4, -0.2) is 34.3 Å². The minimum Gasteiger partial charge on any atom is -0.393 e. The highest BCUT2D eigenvalue weighted by atomic mass is 16.5. The number of hydrogen-bond acceptors (Lipinski definition) is 5. The van der Waals surface area contributed by atoms with Gasteiger partial charge in [0, 0.05) is 32.0 Å². The fourth-order valence-corrected chi connectivity index (χ4v) is 2.30. The fraction of sp³-hybridized carbons (Fsp3) is 0.615. The lowest BCUT2D eigenvalue weighted by Gasteiger charge is -2.23. The molecule has 1 aromatic rings. The van der Waals surface area contributed by atoms with Gasteiger partial charge in [0.05, 0.1) is 0 Å². The molecule has 1 amide bonds. The predicted octanol–water partition coefficient (Wildman–Crippen LogP) is -1.09. The van der Waals surface area contributed by atoms with Gasteiger partial charge >= 0.3 is 5.69 Å². The van der Waals surface area contributed by atoms with E-state index in [2.05, 4.69) is 5.32 Å². The molecule has 8 heteroatoms. The maximum absolute atomic E-state index is 12.1. The monoisotopic (exact) mass is 296 g/mol. The van der Waals surface area contributed by atoms with Gasteiger partial charge in [-0.3, -0.25) is 14.2 Å². The van der Waals surface area contributed by atoms with Crippen LogP contribution in [0.1, 0.15) is 19.8 Å². The number of amides is 1. The van der Waals surface area contributed by atoms with Crippen molar-refractivity contribution in [3.05, 3.63) is 27.0 Å². The molecule has 0 atom stereocenters. The average Bonchev–Trinajstić information content (AvgIpc) is 2.48. The van der Waals surface area contributed by atoms with Gasteiger partial charge in [0.1, 0.15) is 12.2 Å². The van der Waals surface area contributed by atoms with E-state index < -0.39 is 11.2 Å². The number of aryl methyl sites for hydroxylation is 1. The van der Waals surface area contributed by atoms with Gasteiger partial charge in [-0.15, -0.1) is 0 Å². The Morgan fingerprint density at radius 3 is 2.71 bits per heavy atom. The molecule has 0 bridgehead atoms. The minimum absolute atomic E-state index is 0.0245. The SMILES string of the molecule is CCn1cc(N)c(=O)n(CC(=O)NC2CCOCC2)c1=O. The summed E-state index contributed by atoms with van der Waals surface area (Å²) in [5, 5.41) is 2.81. The molecule has 1 aliphatic rings. The third-order valence-corrected chi connectivity index (χ3v) is 3.49. The lowest BCUT2D eigenvalue weighted by Crippen LogP contribution is -2.46. The van der Waals surface area contributed by atoms with Gasteiger partial charge in [0.2, 0.25) is 5.91 Å². The number of aromatic nitrogens is 2. The van der Waals surface area contributed by atoms with Crippen LogP contribution in [0.5, 0.6) is 0 Å². The smallest absolute Gasteiger partial charge is 0.331 e. The van der Waals surface area contributed by atoms with Gasteiger partial charge in [0.25, 0.3) is 5.56 Å². The minimum atomic E-state index is -0.633. The van der Waals surface area contributed by atoms with Crippen molar-refractivity contribution >= 4 is 11.6 Å². The van der Waals surface area contributed by atoms with E-state index in [-0.39, 0.29) is 24.2 Å². The third-order valence-electron chi connectivity index (χ3n) is 3.49. The van der Waals surface area contributed by atoms with Crippen molar-refractivity contribution in [1.82, 2.24) is 14.5 Å². The molecule has 21 heavy (non-hydrogen) atoms. The van der Waals surface area contributed by atoms with Crippen LogP contribution in [0.3, 0.4) is 0 Å². The topological polar surface area (TPSA) is 108 Å². The number of ether oxygens (including phenoxy) is 1. The van der Waals surface area contributed by atoms with Crippen LogP contribution in [0.4, 0.5) is 5.69 Å². The Morgan fingerprint density at radius 1 is 1.43 bits per heavy atom. The number of nitrogens with zero attached hydrogens (tertiary/aromatic N) is 2. The highest BCUT2D eigenvalue weighted by Crippen LogP contribution is 2.05. The van der Waals surface area contributed by atoms with Gasteiger partial charge < -0.3 is 15.8 Å². The Kier molecular flexibility index (Phi) is 4.79. The summed E-state index contributed by atoms with van der Waals surface area (Å²) in [7, 11) is 0. The zero-order valence-corrected chi connectivity index (χ0v) is 12.0. The zero-order chi connectivity index (χ0) is 15.4. The molecule has 8 nitrogen and oxygen atoms in total. The Balaban J connectivity index is 2.15. The molecule has 1 saturated heterocycles. The highest BCUT2D eigenvalue weighted by molar-refractivity contribution is 5.76. The number of nitrogens with one attached hydrogen (secondary N) is 1. The van der Waals surface area contributed by atoms with Crippen molar-refractivity contribution in [2.75, 3.05) is 18.9 Å². The Hall–Kier alpha value is -2.09. The number of anilines is 1. The van der Waals surface area contributed by atoms with Crippen molar-refractivity contribution in [3.63, 3.8) is 0 Å². The Morgan fingerprint density at radius 2 is 2.10 bits per heavy atom. The van der Waals surface area contributed by atoms with Gasteiger partial charge in [-0.25, -0.2) is 9.36 Å². The molecule has 0 spiro atoms. The molecule has 0 saturated carbocycles. The molecule has 1 fully saturated rings. The van der Waals surface area contributed by atoms with Crippen LogP contribution in [-0.2, 0) is 22.6 Å². The van der Waals surface area contributed by atoms with E-state index in [4.69, 9.17) is 10.5 Å². The molecule has 2 heterocycles. The third kappa shape index (κ3) is 3.52. The Labute approximate surface area is 121 Å². The van der Waals surface area contributed by atoms with Crippen molar-refractivity contribution in [2.24, 2.45) is 0 Å². The van der Waals surface area contributed by atoms with Crippen molar-refractivity contribution in [1.29, 1.82) is 0 Å². The molecule has 0 aromatic carbocycles. The number of hydrogen-bond donors (Lipinski definition) is 2. The molecule has 1 aromatic heterocycles. The summed E-state index contributed by atoms with van der Waals surface area (Å²) in [6, 6.07) is 0.0245. The predicted molar refractivity (Wildman–Crippen MR) is 77.0 cm³/mol. The van der Waals surface area contributed by atoms with E-state index in [1.165, 1.54) is 10.8 Å². The van der Waals surface area contributed by atoms with Gasteiger partial charge in [-0.05, 0) is 19.8 Å². The summed E-state index contributed by atoms with van der Waals surface area (Å²) in [4.78, 5) is 36.0. The maximum Gasteiger partial charge on any atom is 0.331 e. The summed E-state index contributed by atoms with van der Waals surface area (Å²) in [6.07, 6.45) is 2.77. The van der Waals surface area contributed by atoms with E-state index in [9.17, 15) is 14.4 Å². The quantitative estimate of drug-likeness (QED) is 0.733. The molecule has 1 aliphatic heterocycles. The first kappa shape index (κ1) is 15.3. The molecule has 3 N–H and O–H groups in total. The fourth-order valence-electron chi connectivity index (χ4n) is 2.30. The normalized spacial score (nSPS) is 15.9. The van der Waals surface area contributed by atoms with E-state index in [1.54, 1.807) is 6.92 Å². The first-order valence-electron chi connectivity index (χ1n) is 6.99. The second-order valence-electron chi connectivity index (χ2n) is 5.00. The number of carbonyl (C=O) groups excluding carboxylic acids is 1. The van der Waals surface area contributed by atoms with Crippen LogP contribution in [0.15, 0.2) is 15.8 Å². The molecular weight excluding hydrogens is 276 g/mol. The standard InChI is InChI=1S/C13H20N4O4/c1-2-16-7-10(14)12(19)17(13(16)20)8-11(18)15-9-3-5-21-6-4-9/h7,9H,2-6,8,14H2,1H3,(H,15,18). The summed E-state index contributed by atoms with van der Waals surface area (Å²) < 4.78 is 7.38. The van der Waals surface area contributed by atoms with Crippen LogP contribution < -0.4 is 22.3 Å². The number of carbonyl (C=O) groups is 1. The van der Waals surface area contributed by atoms with Gasteiger partial charge in [-0.1, -0.05) is 0 Å². The van der Waals surface area contributed by atoms with E-state index in [0.717, 1.165) is 17.4 Å². The van der Waals surface area contributed by atoms with Gasteiger partial charge in [0.15, 0.2) is 0 Å². The van der Waals surface area contributed by atoms with Crippen molar-refractivity contribution in [3.8, 4) is 0 Å². The molecule has 116 valence electrons. The van der Waals surface area contributed by atoms with Crippen LogP contribution in [0, 0.1) is 0 Å². The first-order valence-corrected chi connectivity index (χ1v) is 6.99. The van der Waals surface area contributed by atoms with Crippen LogP contribution in [0.25, 0.3) is 0 Å². The highest BCUT2D eigenvalue weighted by Gasteiger charge is 2.18. The lowest BCUT2D eigenvalue weighted by atomic mass is 10.1. The molecule has 0 aliphatic carbocycles. The van der Waals surface area contributed by atoms with Gasteiger partial charge in [-0.2, -0.15) is 0 Å². The second-order valence-corrected chi connectivity index (χ2v) is 5.00. The van der Waals surface area contributed by atoms with Crippen LogP contribution in [0.2, 0.25) is 0 Å². The van der Waals surface area contributed by atoms with E-state index in [0.29, 0.717) is 19.8 Å². The molecule has 0 radical (unpaired) electrons. The summed E-state index contributed by atoms with van der Waals surface area (Å²) >= 11 is 0. The average molecular weight is 296 g/mol. The van der Waals surface area contributed by atoms with E-state index in [1.807, 2.05) is 0 Å². The summed E-state index contributed by atoms with van der Waals surface area (Å²) in [5.41, 5.74) is 4.38.